The SMILES string of the molecule is COC(=O)C1=C(CN2CCN(c3ccccc3OC)CC2)NC(=O)NC1c1ccc(F)cc1. The van der Waals surface area contributed by atoms with Crippen LogP contribution < -0.4 is 20.3 Å². The van der Waals surface area contributed by atoms with Crippen LogP contribution in [0.15, 0.2) is 59.8 Å². The van der Waals surface area contributed by atoms with E-state index in [1.165, 1.54) is 19.2 Å². The fourth-order valence-corrected chi connectivity index (χ4v) is 4.26. The number of rotatable bonds is 6. The number of benzene rings is 2. The van der Waals surface area contributed by atoms with Gasteiger partial charge in [0.25, 0.3) is 0 Å². The number of urea groups is 1. The summed E-state index contributed by atoms with van der Waals surface area (Å²) in [5.74, 6) is -0.107. The molecule has 9 heteroatoms. The van der Waals surface area contributed by atoms with Crippen LogP contribution in [0.3, 0.4) is 0 Å². The van der Waals surface area contributed by atoms with Crippen LogP contribution in [0.25, 0.3) is 0 Å². The minimum absolute atomic E-state index is 0.316. The maximum atomic E-state index is 13.4. The number of amides is 2. The summed E-state index contributed by atoms with van der Waals surface area (Å²) in [5.41, 5.74) is 2.45. The topological polar surface area (TPSA) is 83.1 Å². The van der Waals surface area contributed by atoms with Crippen molar-refractivity contribution in [2.45, 2.75) is 6.04 Å². The minimum atomic E-state index is -0.725. The first-order valence-electron chi connectivity index (χ1n) is 10.7. The molecule has 0 saturated carbocycles. The third-order valence-corrected chi connectivity index (χ3v) is 5.94. The quantitative estimate of drug-likeness (QED) is 0.653. The number of carbonyl (C=O) groups is 2. The minimum Gasteiger partial charge on any atom is -0.495 e. The van der Waals surface area contributed by atoms with Crippen LogP contribution in [-0.2, 0) is 9.53 Å². The standard InChI is InChI=1S/C24H27FN4O4/c1-32-20-6-4-3-5-19(20)29-13-11-28(12-14-29)15-18-21(23(30)33-2)22(27-24(31)26-18)16-7-9-17(25)10-8-16/h3-10,22H,11-15H2,1-2H3,(H2,26,27,31). The van der Waals surface area contributed by atoms with Crippen molar-refractivity contribution in [2.75, 3.05) is 51.8 Å². The molecule has 1 unspecified atom stereocenters. The molecular weight excluding hydrogens is 427 g/mol. The lowest BCUT2D eigenvalue weighted by molar-refractivity contribution is -0.136. The van der Waals surface area contributed by atoms with Crippen molar-refractivity contribution in [3.8, 4) is 5.75 Å². The Morgan fingerprint density at radius 2 is 1.76 bits per heavy atom. The number of piperazine rings is 1. The van der Waals surface area contributed by atoms with Crippen molar-refractivity contribution in [1.29, 1.82) is 0 Å². The molecule has 8 nitrogen and oxygen atoms in total. The Kier molecular flexibility index (Phi) is 6.79. The zero-order valence-corrected chi connectivity index (χ0v) is 18.6. The Morgan fingerprint density at radius 3 is 2.42 bits per heavy atom. The summed E-state index contributed by atoms with van der Waals surface area (Å²) >= 11 is 0. The molecule has 0 aliphatic carbocycles. The summed E-state index contributed by atoms with van der Waals surface area (Å²) in [7, 11) is 2.96. The van der Waals surface area contributed by atoms with Gasteiger partial charge >= 0.3 is 12.0 Å². The molecule has 33 heavy (non-hydrogen) atoms. The highest BCUT2D eigenvalue weighted by Gasteiger charge is 2.34. The van der Waals surface area contributed by atoms with Crippen molar-refractivity contribution in [1.82, 2.24) is 15.5 Å². The maximum absolute atomic E-state index is 13.4. The van der Waals surface area contributed by atoms with E-state index in [9.17, 15) is 14.0 Å². The van der Waals surface area contributed by atoms with E-state index in [2.05, 4.69) is 20.4 Å². The number of carbonyl (C=O) groups excluding carboxylic acids is 2. The fourth-order valence-electron chi connectivity index (χ4n) is 4.26. The number of ether oxygens (including phenoxy) is 2. The number of para-hydroxylation sites is 2. The van der Waals surface area contributed by atoms with Gasteiger partial charge in [-0.1, -0.05) is 24.3 Å². The smallest absolute Gasteiger partial charge is 0.338 e. The highest BCUT2D eigenvalue weighted by molar-refractivity contribution is 5.95. The van der Waals surface area contributed by atoms with Gasteiger partial charge in [-0.2, -0.15) is 0 Å². The number of nitrogens with zero attached hydrogens (tertiary/aromatic N) is 2. The molecule has 2 aliphatic heterocycles. The first kappa shape index (κ1) is 22.6. The highest BCUT2D eigenvalue weighted by Crippen LogP contribution is 2.30. The molecule has 0 spiro atoms. The maximum Gasteiger partial charge on any atom is 0.338 e. The van der Waals surface area contributed by atoms with E-state index in [1.54, 1.807) is 19.2 Å². The van der Waals surface area contributed by atoms with Gasteiger partial charge < -0.3 is 25.0 Å². The number of esters is 1. The summed E-state index contributed by atoms with van der Waals surface area (Å²) in [6.07, 6.45) is 0. The van der Waals surface area contributed by atoms with E-state index in [0.29, 0.717) is 23.4 Å². The molecule has 2 amide bonds. The van der Waals surface area contributed by atoms with Crippen LogP contribution in [0, 0.1) is 5.82 Å². The van der Waals surface area contributed by atoms with E-state index < -0.39 is 23.9 Å². The first-order valence-corrected chi connectivity index (χ1v) is 10.7. The predicted molar refractivity (Wildman–Crippen MR) is 121 cm³/mol. The van der Waals surface area contributed by atoms with Gasteiger partial charge in [0, 0.05) is 38.4 Å². The molecule has 2 heterocycles. The molecule has 0 aromatic heterocycles. The molecule has 2 N–H and O–H groups in total. The van der Waals surface area contributed by atoms with Gasteiger partial charge in [0.05, 0.1) is 31.5 Å². The second-order valence-electron chi connectivity index (χ2n) is 7.90. The van der Waals surface area contributed by atoms with E-state index in [4.69, 9.17) is 9.47 Å². The average molecular weight is 455 g/mol. The van der Waals surface area contributed by atoms with Crippen LogP contribution in [0.4, 0.5) is 14.9 Å². The van der Waals surface area contributed by atoms with Crippen molar-refractivity contribution >= 4 is 17.7 Å². The van der Waals surface area contributed by atoms with Crippen molar-refractivity contribution in [3.05, 3.63) is 71.2 Å². The van der Waals surface area contributed by atoms with Gasteiger partial charge in [0.1, 0.15) is 11.6 Å². The predicted octanol–water partition coefficient (Wildman–Crippen LogP) is 2.44. The Hall–Kier alpha value is -3.59. The van der Waals surface area contributed by atoms with Gasteiger partial charge in [0.15, 0.2) is 0 Å². The Bertz CT molecular complexity index is 1050. The third-order valence-electron chi connectivity index (χ3n) is 5.94. The van der Waals surface area contributed by atoms with Crippen molar-refractivity contribution < 1.29 is 23.5 Å². The monoisotopic (exact) mass is 454 g/mol. The molecule has 1 fully saturated rings. The number of halogens is 1. The summed E-state index contributed by atoms with van der Waals surface area (Å²) in [5, 5.41) is 5.53. The van der Waals surface area contributed by atoms with Crippen molar-refractivity contribution in [2.24, 2.45) is 0 Å². The highest BCUT2D eigenvalue weighted by atomic mass is 19.1. The van der Waals surface area contributed by atoms with E-state index >= 15 is 0 Å². The van der Waals surface area contributed by atoms with Crippen LogP contribution >= 0.6 is 0 Å². The first-order chi connectivity index (χ1) is 16.0. The van der Waals surface area contributed by atoms with Crippen LogP contribution in [0.2, 0.25) is 0 Å². The summed E-state index contributed by atoms with van der Waals surface area (Å²) in [4.78, 5) is 29.5. The number of hydrogen-bond donors (Lipinski definition) is 2. The molecular formula is C24H27FN4O4. The second-order valence-corrected chi connectivity index (χ2v) is 7.90. The van der Waals surface area contributed by atoms with Gasteiger partial charge in [-0.3, -0.25) is 4.90 Å². The Morgan fingerprint density at radius 1 is 1.06 bits per heavy atom. The average Bonchev–Trinajstić information content (AvgIpc) is 2.84. The summed E-state index contributed by atoms with van der Waals surface area (Å²) in [6, 6.07) is 12.5. The molecule has 174 valence electrons. The van der Waals surface area contributed by atoms with Gasteiger partial charge in [-0.15, -0.1) is 0 Å². The normalized spacial score (nSPS) is 19.1. The molecule has 4 rings (SSSR count). The third kappa shape index (κ3) is 4.93. The number of anilines is 1. The Labute approximate surface area is 192 Å². The number of methoxy groups -OCH3 is 2. The van der Waals surface area contributed by atoms with Crippen LogP contribution in [0.1, 0.15) is 11.6 Å². The van der Waals surface area contributed by atoms with Crippen LogP contribution in [-0.4, -0.2) is 63.8 Å². The molecule has 0 bridgehead atoms. The number of hydrogen-bond acceptors (Lipinski definition) is 6. The lowest BCUT2D eigenvalue weighted by atomic mass is 9.95. The van der Waals surface area contributed by atoms with E-state index in [0.717, 1.165) is 37.6 Å². The second kappa shape index (κ2) is 9.91. The van der Waals surface area contributed by atoms with E-state index in [1.807, 2.05) is 24.3 Å². The largest absolute Gasteiger partial charge is 0.495 e. The fraction of sp³-hybridized carbons (Fsp3) is 0.333. The van der Waals surface area contributed by atoms with Gasteiger partial charge in [-0.05, 0) is 29.8 Å². The molecule has 0 radical (unpaired) electrons. The number of nitrogens with one attached hydrogen (secondary N) is 2. The lowest BCUT2D eigenvalue weighted by Crippen LogP contribution is -2.51. The van der Waals surface area contributed by atoms with Crippen molar-refractivity contribution in [3.63, 3.8) is 0 Å². The molecule has 1 saturated heterocycles. The zero-order valence-electron chi connectivity index (χ0n) is 18.6. The molecule has 2 aliphatic rings. The molecule has 2 aromatic rings. The molecule has 2 aromatic carbocycles. The summed E-state index contributed by atoms with van der Waals surface area (Å²) < 4.78 is 23.9. The van der Waals surface area contributed by atoms with Gasteiger partial charge in [-0.25, -0.2) is 14.0 Å². The Balaban J connectivity index is 1.54. The lowest BCUT2D eigenvalue weighted by Gasteiger charge is -2.38. The summed E-state index contributed by atoms with van der Waals surface area (Å²) in [6.45, 7) is 3.40. The zero-order chi connectivity index (χ0) is 23.4. The molecule has 1 atom stereocenters. The van der Waals surface area contributed by atoms with Gasteiger partial charge in [0.2, 0.25) is 0 Å². The van der Waals surface area contributed by atoms with Crippen LogP contribution in [0.5, 0.6) is 5.75 Å². The van der Waals surface area contributed by atoms with E-state index in [-0.39, 0.29) is 0 Å².